The van der Waals surface area contributed by atoms with Gasteiger partial charge in [0.05, 0.1) is 0 Å². The Morgan fingerprint density at radius 1 is 1.21 bits per heavy atom. The second kappa shape index (κ2) is 6.41. The van der Waals surface area contributed by atoms with Gasteiger partial charge >= 0.3 is 5.97 Å². The molecule has 78 valence electrons. The lowest BCUT2D eigenvalue weighted by Gasteiger charge is -2.12. The molecule has 14 heavy (non-hydrogen) atoms. The molecule has 2 nitrogen and oxygen atoms in total. The molecule has 0 saturated carbocycles. The van der Waals surface area contributed by atoms with E-state index in [9.17, 15) is 4.79 Å². The molecule has 0 N–H and O–H groups in total. The van der Waals surface area contributed by atoms with Gasteiger partial charge in [0.2, 0.25) is 0 Å². The van der Waals surface area contributed by atoms with Crippen LogP contribution in [0.15, 0.2) is 24.3 Å². The average molecular weight is 194 g/mol. The Labute approximate surface area is 85.6 Å². The van der Waals surface area contributed by atoms with Gasteiger partial charge in [-0.15, -0.1) is 0 Å². The summed E-state index contributed by atoms with van der Waals surface area (Å²) in [6, 6.07) is 0. The second-order valence-electron chi connectivity index (χ2n) is 3.56. The fraction of sp³-hybridized carbons (Fsp3) is 0.583. The highest BCUT2D eigenvalue weighted by atomic mass is 16.5. The van der Waals surface area contributed by atoms with Crippen LogP contribution in [-0.2, 0) is 9.53 Å². The topological polar surface area (TPSA) is 26.3 Å². The van der Waals surface area contributed by atoms with E-state index in [2.05, 4.69) is 18.2 Å². The number of ether oxygens (including phenoxy) is 1. The first-order chi connectivity index (χ1) is 6.79. The van der Waals surface area contributed by atoms with Gasteiger partial charge in [-0.1, -0.05) is 18.2 Å². The molecular weight excluding hydrogens is 176 g/mol. The largest absolute Gasteiger partial charge is 0.458 e. The van der Waals surface area contributed by atoms with Crippen LogP contribution >= 0.6 is 0 Å². The molecule has 1 aliphatic rings. The third kappa shape index (κ3) is 4.85. The Morgan fingerprint density at radius 3 is 2.71 bits per heavy atom. The van der Waals surface area contributed by atoms with E-state index < -0.39 is 0 Å². The predicted molar refractivity (Wildman–Crippen MR) is 56.9 cm³/mol. The molecule has 0 radical (unpaired) electrons. The van der Waals surface area contributed by atoms with Crippen LogP contribution in [0.5, 0.6) is 0 Å². The number of carbonyl (C=O) groups excluding carboxylic acids is 1. The van der Waals surface area contributed by atoms with Crippen LogP contribution < -0.4 is 0 Å². The van der Waals surface area contributed by atoms with Gasteiger partial charge in [0.1, 0.15) is 6.10 Å². The van der Waals surface area contributed by atoms with Crippen molar-refractivity contribution >= 4 is 5.97 Å². The van der Waals surface area contributed by atoms with Crippen molar-refractivity contribution < 1.29 is 9.53 Å². The summed E-state index contributed by atoms with van der Waals surface area (Å²) < 4.78 is 5.16. The standard InChI is InChI=1S/C12H18O2/c1-11(13)14-12-9-7-5-3-2-4-6-8-10-12/h3,5,8,10,12H,2,4,6-7,9H2,1H3/b5-3-,10-8-. The highest BCUT2D eigenvalue weighted by Crippen LogP contribution is 2.10. The van der Waals surface area contributed by atoms with E-state index in [0.717, 1.165) is 25.7 Å². The normalized spacial score (nSPS) is 27.6. The zero-order valence-corrected chi connectivity index (χ0v) is 8.74. The number of allylic oxidation sites excluding steroid dienone is 3. The highest BCUT2D eigenvalue weighted by molar-refractivity contribution is 5.66. The Hall–Kier alpha value is -1.05. The van der Waals surface area contributed by atoms with Crippen LogP contribution in [0.4, 0.5) is 0 Å². The molecule has 1 atom stereocenters. The minimum atomic E-state index is -0.194. The van der Waals surface area contributed by atoms with Crippen molar-refractivity contribution in [2.75, 3.05) is 0 Å². The van der Waals surface area contributed by atoms with Crippen LogP contribution in [0.2, 0.25) is 0 Å². The van der Waals surface area contributed by atoms with Crippen LogP contribution in [0.3, 0.4) is 0 Å². The van der Waals surface area contributed by atoms with Gasteiger partial charge in [-0.3, -0.25) is 4.79 Å². The highest BCUT2D eigenvalue weighted by Gasteiger charge is 2.06. The van der Waals surface area contributed by atoms with E-state index in [-0.39, 0.29) is 12.1 Å². The monoisotopic (exact) mass is 194 g/mol. The molecule has 0 amide bonds. The predicted octanol–water partition coefficient (Wildman–Crippen LogP) is 2.99. The first-order valence-corrected chi connectivity index (χ1v) is 5.28. The van der Waals surface area contributed by atoms with E-state index in [0.29, 0.717) is 0 Å². The van der Waals surface area contributed by atoms with Crippen molar-refractivity contribution in [3.63, 3.8) is 0 Å². The smallest absolute Gasteiger partial charge is 0.303 e. The number of esters is 1. The Bertz CT molecular complexity index is 228. The first-order valence-electron chi connectivity index (χ1n) is 5.28. The molecule has 0 saturated heterocycles. The van der Waals surface area contributed by atoms with Crippen molar-refractivity contribution in [1.82, 2.24) is 0 Å². The summed E-state index contributed by atoms with van der Waals surface area (Å²) in [7, 11) is 0. The van der Waals surface area contributed by atoms with Crippen LogP contribution in [-0.4, -0.2) is 12.1 Å². The number of rotatable bonds is 1. The van der Waals surface area contributed by atoms with Crippen molar-refractivity contribution in [2.24, 2.45) is 0 Å². The van der Waals surface area contributed by atoms with Crippen LogP contribution in [0, 0.1) is 0 Å². The van der Waals surface area contributed by atoms with Crippen LogP contribution in [0.25, 0.3) is 0 Å². The second-order valence-corrected chi connectivity index (χ2v) is 3.56. The molecule has 0 aromatic rings. The molecule has 0 spiro atoms. The van der Waals surface area contributed by atoms with Crippen molar-refractivity contribution in [1.29, 1.82) is 0 Å². The molecule has 0 aliphatic heterocycles. The minimum absolute atomic E-state index is 0.0322. The summed E-state index contributed by atoms with van der Waals surface area (Å²) in [6.45, 7) is 1.46. The van der Waals surface area contributed by atoms with Gasteiger partial charge in [0.15, 0.2) is 0 Å². The maximum absolute atomic E-state index is 10.8. The summed E-state index contributed by atoms with van der Waals surface area (Å²) in [5, 5.41) is 0. The summed E-state index contributed by atoms with van der Waals surface area (Å²) >= 11 is 0. The molecule has 0 aromatic carbocycles. The van der Waals surface area contributed by atoms with E-state index in [4.69, 9.17) is 4.74 Å². The van der Waals surface area contributed by atoms with Crippen molar-refractivity contribution in [3.05, 3.63) is 24.3 Å². The Kier molecular flexibility index (Phi) is 5.05. The van der Waals surface area contributed by atoms with Gasteiger partial charge < -0.3 is 4.74 Å². The molecule has 0 aromatic heterocycles. The van der Waals surface area contributed by atoms with Gasteiger partial charge in [0, 0.05) is 6.92 Å². The first kappa shape index (κ1) is 11.0. The molecule has 0 heterocycles. The quantitative estimate of drug-likeness (QED) is 0.474. The van der Waals surface area contributed by atoms with Crippen molar-refractivity contribution in [2.45, 2.75) is 45.1 Å². The SMILES string of the molecule is CC(=O)OC1/C=C\CCC/C=C\CC1. The van der Waals surface area contributed by atoms with Gasteiger partial charge in [-0.2, -0.15) is 0 Å². The third-order valence-electron chi connectivity index (χ3n) is 2.19. The maximum atomic E-state index is 10.8. The lowest BCUT2D eigenvalue weighted by atomic mass is 10.1. The summed E-state index contributed by atoms with van der Waals surface area (Å²) in [5.41, 5.74) is 0. The zero-order valence-electron chi connectivity index (χ0n) is 8.74. The fourth-order valence-electron chi connectivity index (χ4n) is 1.51. The Morgan fingerprint density at radius 2 is 1.93 bits per heavy atom. The van der Waals surface area contributed by atoms with E-state index in [1.54, 1.807) is 0 Å². The average Bonchev–Trinajstić information content (AvgIpc) is 2.15. The molecule has 1 aliphatic carbocycles. The van der Waals surface area contributed by atoms with E-state index in [1.807, 2.05) is 6.08 Å². The van der Waals surface area contributed by atoms with Crippen molar-refractivity contribution in [3.8, 4) is 0 Å². The fourth-order valence-corrected chi connectivity index (χ4v) is 1.51. The Balaban J connectivity index is 2.44. The van der Waals surface area contributed by atoms with E-state index in [1.165, 1.54) is 13.3 Å². The maximum Gasteiger partial charge on any atom is 0.303 e. The molecular formula is C12H18O2. The van der Waals surface area contributed by atoms with E-state index >= 15 is 0 Å². The number of carbonyl (C=O) groups is 1. The van der Waals surface area contributed by atoms with Gasteiger partial charge in [-0.05, 0) is 38.2 Å². The lowest BCUT2D eigenvalue weighted by molar-refractivity contribution is -0.144. The molecule has 0 bridgehead atoms. The minimum Gasteiger partial charge on any atom is -0.458 e. The zero-order chi connectivity index (χ0) is 10.2. The lowest BCUT2D eigenvalue weighted by Crippen LogP contribution is -2.13. The molecule has 1 rings (SSSR count). The molecule has 0 fully saturated rings. The molecule has 2 heteroatoms. The number of hydrogen-bond donors (Lipinski definition) is 0. The van der Waals surface area contributed by atoms with Crippen LogP contribution in [0.1, 0.15) is 39.0 Å². The number of hydrogen-bond acceptors (Lipinski definition) is 2. The summed E-state index contributed by atoms with van der Waals surface area (Å²) in [5.74, 6) is -0.194. The molecule has 1 unspecified atom stereocenters. The third-order valence-corrected chi connectivity index (χ3v) is 2.19. The van der Waals surface area contributed by atoms with Gasteiger partial charge in [0.25, 0.3) is 0 Å². The summed E-state index contributed by atoms with van der Waals surface area (Å²) in [6.07, 6.45) is 13.8. The summed E-state index contributed by atoms with van der Waals surface area (Å²) in [4.78, 5) is 10.8. The van der Waals surface area contributed by atoms with Gasteiger partial charge in [-0.25, -0.2) is 0 Å².